The molecule has 80 valence electrons. The summed E-state index contributed by atoms with van der Waals surface area (Å²) in [6, 6.07) is 7.90. The average Bonchev–Trinajstić information content (AvgIpc) is 2.65. The quantitative estimate of drug-likeness (QED) is 0.533. The molecule has 0 aliphatic rings. The number of hydrogen-bond acceptors (Lipinski definition) is 2. The van der Waals surface area contributed by atoms with Crippen LogP contribution in [0.15, 0.2) is 29.1 Å². The first-order valence-electron chi connectivity index (χ1n) is 5.07. The molecule has 0 saturated carbocycles. The molecule has 0 unspecified atom stereocenters. The van der Waals surface area contributed by atoms with Crippen molar-refractivity contribution in [1.29, 1.82) is 0 Å². The summed E-state index contributed by atoms with van der Waals surface area (Å²) in [6.07, 6.45) is 0. The van der Waals surface area contributed by atoms with Crippen molar-refractivity contribution < 1.29 is 0 Å². The minimum Gasteiger partial charge on any atom is -0.393 e. The molecule has 0 aliphatic heterocycles. The van der Waals surface area contributed by atoms with Gasteiger partial charge in [0, 0.05) is 22.0 Å². The molecule has 0 radical (unpaired) electrons. The van der Waals surface area contributed by atoms with Crippen LogP contribution in [0.25, 0.3) is 21.8 Å². The predicted molar refractivity (Wildman–Crippen MR) is 65.6 cm³/mol. The molecule has 4 N–H and O–H groups in total. The largest absolute Gasteiger partial charge is 0.393 e. The van der Waals surface area contributed by atoms with Gasteiger partial charge in [0.2, 0.25) is 0 Å². The molecule has 3 rings (SSSR count). The van der Waals surface area contributed by atoms with E-state index in [1.165, 1.54) is 0 Å². The van der Waals surface area contributed by atoms with Crippen molar-refractivity contribution in [2.24, 2.45) is 0 Å². The van der Waals surface area contributed by atoms with Gasteiger partial charge in [-0.25, -0.2) is 0 Å². The predicted octanol–water partition coefficient (Wildman–Crippen LogP) is 1.90. The number of rotatable bonds is 0. The molecule has 1 aromatic carbocycles. The molecule has 16 heavy (non-hydrogen) atoms. The maximum absolute atomic E-state index is 11.5. The number of benzene rings is 1. The maximum atomic E-state index is 11.5. The summed E-state index contributed by atoms with van der Waals surface area (Å²) in [5.74, 6) is 0. The van der Waals surface area contributed by atoms with Gasteiger partial charge in [-0.3, -0.25) is 4.79 Å². The van der Waals surface area contributed by atoms with Gasteiger partial charge in [-0.15, -0.1) is 0 Å². The van der Waals surface area contributed by atoms with Crippen molar-refractivity contribution in [3.63, 3.8) is 0 Å². The second kappa shape index (κ2) is 2.88. The maximum Gasteiger partial charge on any atom is 0.273 e. The Morgan fingerprint density at radius 3 is 2.75 bits per heavy atom. The Labute approximate surface area is 91.1 Å². The zero-order valence-electron chi connectivity index (χ0n) is 8.79. The first kappa shape index (κ1) is 9.03. The van der Waals surface area contributed by atoms with Gasteiger partial charge in [0.05, 0.1) is 5.52 Å². The molecule has 0 bridgehead atoms. The second-order valence-electron chi connectivity index (χ2n) is 3.91. The lowest BCUT2D eigenvalue weighted by Crippen LogP contribution is -2.13. The summed E-state index contributed by atoms with van der Waals surface area (Å²) in [5, 5.41) is 2.07. The highest BCUT2D eigenvalue weighted by atomic mass is 16.1. The summed E-state index contributed by atoms with van der Waals surface area (Å²) in [5.41, 5.74) is 8.34. The normalized spacial score (nSPS) is 11.3. The van der Waals surface area contributed by atoms with Gasteiger partial charge in [0.25, 0.3) is 5.56 Å². The number of nitrogens with one attached hydrogen (secondary N) is 2. The van der Waals surface area contributed by atoms with E-state index in [1.807, 2.05) is 31.2 Å². The third-order valence-corrected chi connectivity index (χ3v) is 2.90. The van der Waals surface area contributed by atoms with Gasteiger partial charge in [0.1, 0.15) is 5.69 Å². The van der Waals surface area contributed by atoms with Gasteiger partial charge in [0.15, 0.2) is 0 Å². The zero-order chi connectivity index (χ0) is 11.3. The SMILES string of the molecule is Cc1[nH]c(=O)c(N)c2[nH]c3ccccc3c12. The molecule has 0 fully saturated rings. The molecule has 3 aromatic rings. The molecule has 0 spiro atoms. The van der Waals surface area contributed by atoms with E-state index in [1.54, 1.807) is 0 Å². The summed E-state index contributed by atoms with van der Waals surface area (Å²) < 4.78 is 0. The first-order chi connectivity index (χ1) is 7.68. The van der Waals surface area contributed by atoms with Gasteiger partial charge in [-0.2, -0.15) is 0 Å². The number of anilines is 1. The Morgan fingerprint density at radius 1 is 1.19 bits per heavy atom. The Bertz CT molecular complexity index is 752. The molecular weight excluding hydrogens is 202 g/mol. The molecule has 4 nitrogen and oxygen atoms in total. The van der Waals surface area contributed by atoms with E-state index in [2.05, 4.69) is 9.97 Å². The Balaban J connectivity index is 2.70. The van der Waals surface area contributed by atoms with Crippen molar-refractivity contribution in [3.05, 3.63) is 40.3 Å². The topological polar surface area (TPSA) is 74.7 Å². The number of fused-ring (bicyclic) bond motifs is 3. The van der Waals surface area contributed by atoms with Crippen molar-refractivity contribution in [2.75, 3.05) is 5.73 Å². The Kier molecular flexibility index (Phi) is 1.63. The number of H-pyrrole nitrogens is 2. The van der Waals surface area contributed by atoms with Crippen LogP contribution in [0.1, 0.15) is 5.69 Å². The molecule has 4 heteroatoms. The van der Waals surface area contributed by atoms with Crippen LogP contribution >= 0.6 is 0 Å². The average molecular weight is 213 g/mol. The van der Waals surface area contributed by atoms with E-state index < -0.39 is 0 Å². The molecule has 0 atom stereocenters. The highest BCUT2D eigenvalue weighted by Crippen LogP contribution is 2.28. The van der Waals surface area contributed by atoms with Crippen molar-refractivity contribution in [3.8, 4) is 0 Å². The van der Waals surface area contributed by atoms with Crippen LogP contribution in [0.5, 0.6) is 0 Å². The smallest absolute Gasteiger partial charge is 0.273 e. The van der Waals surface area contributed by atoms with E-state index in [0.717, 1.165) is 27.5 Å². The first-order valence-corrected chi connectivity index (χ1v) is 5.07. The number of nitrogens with two attached hydrogens (primary N) is 1. The van der Waals surface area contributed by atoms with Crippen LogP contribution in [0, 0.1) is 6.92 Å². The minimum absolute atomic E-state index is 0.239. The lowest BCUT2D eigenvalue weighted by atomic mass is 10.1. The van der Waals surface area contributed by atoms with Gasteiger partial charge >= 0.3 is 0 Å². The lowest BCUT2D eigenvalue weighted by molar-refractivity contribution is 1.18. The highest BCUT2D eigenvalue weighted by molar-refractivity contribution is 6.11. The van der Waals surface area contributed by atoms with E-state index in [9.17, 15) is 4.79 Å². The number of para-hydroxylation sites is 1. The van der Waals surface area contributed by atoms with Crippen molar-refractivity contribution in [2.45, 2.75) is 6.92 Å². The second-order valence-corrected chi connectivity index (χ2v) is 3.91. The van der Waals surface area contributed by atoms with Crippen LogP contribution in [-0.4, -0.2) is 9.97 Å². The lowest BCUT2D eigenvalue weighted by Gasteiger charge is -1.99. The van der Waals surface area contributed by atoms with Crippen molar-refractivity contribution in [1.82, 2.24) is 9.97 Å². The molecular formula is C12H11N3O. The number of hydrogen-bond donors (Lipinski definition) is 3. The third kappa shape index (κ3) is 1.01. The summed E-state index contributed by atoms with van der Waals surface area (Å²) in [6.45, 7) is 1.88. The highest BCUT2D eigenvalue weighted by Gasteiger charge is 2.11. The fraction of sp³-hybridized carbons (Fsp3) is 0.0833. The van der Waals surface area contributed by atoms with Crippen LogP contribution in [0.3, 0.4) is 0 Å². The molecule has 0 saturated heterocycles. The number of aryl methyl sites for hydroxylation is 1. The van der Waals surface area contributed by atoms with E-state index in [4.69, 9.17) is 5.73 Å². The third-order valence-electron chi connectivity index (χ3n) is 2.90. The van der Waals surface area contributed by atoms with E-state index >= 15 is 0 Å². The molecule has 0 amide bonds. The summed E-state index contributed by atoms with van der Waals surface area (Å²) in [4.78, 5) is 17.5. The Morgan fingerprint density at radius 2 is 1.94 bits per heavy atom. The van der Waals surface area contributed by atoms with Gasteiger partial charge in [-0.05, 0) is 13.0 Å². The fourth-order valence-electron chi connectivity index (χ4n) is 2.15. The number of aromatic amines is 2. The fourth-order valence-corrected chi connectivity index (χ4v) is 2.15. The monoisotopic (exact) mass is 213 g/mol. The van der Waals surface area contributed by atoms with Crippen LogP contribution in [-0.2, 0) is 0 Å². The number of pyridine rings is 1. The van der Waals surface area contributed by atoms with Crippen molar-refractivity contribution >= 4 is 27.5 Å². The van der Waals surface area contributed by atoms with Gasteiger partial charge in [-0.1, -0.05) is 18.2 Å². The van der Waals surface area contributed by atoms with Gasteiger partial charge < -0.3 is 15.7 Å². The van der Waals surface area contributed by atoms with Crippen LogP contribution in [0.2, 0.25) is 0 Å². The summed E-state index contributed by atoms with van der Waals surface area (Å²) in [7, 11) is 0. The van der Waals surface area contributed by atoms with Crippen LogP contribution < -0.4 is 11.3 Å². The van der Waals surface area contributed by atoms with Crippen LogP contribution in [0.4, 0.5) is 5.69 Å². The summed E-state index contributed by atoms with van der Waals surface area (Å²) >= 11 is 0. The number of nitrogen functional groups attached to an aromatic ring is 1. The Hall–Kier alpha value is -2.23. The standard InChI is InChI=1S/C12H11N3O/c1-6-9-7-4-2-3-5-8(7)15-11(9)10(13)12(16)14-6/h2-5,15H,13H2,1H3,(H,14,16). The molecule has 0 aliphatic carbocycles. The molecule has 2 heterocycles. The zero-order valence-corrected chi connectivity index (χ0v) is 8.79. The van der Waals surface area contributed by atoms with E-state index in [-0.39, 0.29) is 11.2 Å². The minimum atomic E-state index is -0.239. The molecule has 2 aromatic heterocycles. The number of aromatic nitrogens is 2. The van der Waals surface area contributed by atoms with E-state index in [0.29, 0.717) is 0 Å².